The van der Waals surface area contributed by atoms with Crippen LogP contribution in [0.2, 0.25) is 5.31 Å². The van der Waals surface area contributed by atoms with E-state index in [4.69, 9.17) is 11.5 Å². The molecule has 0 aromatic carbocycles. The zero-order chi connectivity index (χ0) is 9.33. The van der Waals surface area contributed by atoms with Gasteiger partial charge in [0, 0.05) is 0 Å². The Hall–Kier alpha value is 0.705. The highest BCUT2D eigenvalue weighted by Crippen LogP contribution is 2.29. The molecule has 67 valence electrons. The molecular formula is C8H19BClS. The molecule has 0 fully saturated rings. The molecule has 0 heterocycles. The maximum atomic E-state index is 5.55. The van der Waals surface area contributed by atoms with Gasteiger partial charge in [0.25, 0.3) is 0 Å². The number of halogens is 1. The monoisotopic (exact) mass is 193 g/mol. The lowest BCUT2D eigenvalue weighted by Crippen LogP contribution is -2.06. The highest BCUT2D eigenvalue weighted by atomic mass is 35.5. The third-order valence-corrected chi connectivity index (χ3v) is 1.78. The molecule has 0 saturated carbocycles. The molecule has 11 heavy (non-hydrogen) atoms. The number of rotatable bonds is 3. The zero-order valence-electron chi connectivity index (χ0n) is 8.28. The molecule has 0 unspecified atom stereocenters. The number of hydrogen-bond acceptors (Lipinski definition) is 1. The van der Waals surface area contributed by atoms with Crippen molar-refractivity contribution in [1.29, 1.82) is 0 Å². The van der Waals surface area contributed by atoms with Crippen molar-refractivity contribution >= 4 is 29.9 Å². The summed E-state index contributed by atoms with van der Waals surface area (Å²) in [5.74, 6) is 0. The van der Waals surface area contributed by atoms with Crippen molar-refractivity contribution in [3.63, 3.8) is 0 Å². The van der Waals surface area contributed by atoms with E-state index < -0.39 is 0 Å². The highest BCUT2D eigenvalue weighted by Gasteiger charge is 2.15. The molecule has 1 radical (unpaired) electrons. The molecule has 3 heteroatoms. The van der Waals surface area contributed by atoms with Crippen molar-refractivity contribution in [1.82, 2.24) is 0 Å². The van der Waals surface area contributed by atoms with Gasteiger partial charge in [-0.15, -0.1) is 0 Å². The Morgan fingerprint density at radius 3 is 1.82 bits per heavy atom. The van der Waals surface area contributed by atoms with Crippen LogP contribution in [-0.4, -0.2) is 19.2 Å². The van der Waals surface area contributed by atoms with E-state index in [0.717, 1.165) is 0 Å². The van der Waals surface area contributed by atoms with E-state index in [1.807, 2.05) is 12.5 Å². The molecule has 0 aromatic heterocycles. The van der Waals surface area contributed by atoms with E-state index >= 15 is 0 Å². The van der Waals surface area contributed by atoms with Gasteiger partial charge in [0.1, 0.15) is 0 Å². The molecule has 0 nitrogen and oxygen atoms in total. The van der Waals surface area contributed by atoms with Crippen molar-refractivity contribution in [2.24, 2.45) is 0 Å². The van der Waals surface area contributed by atoms with Gasteiger partial charge in [-0.2, -0.15) is 11.8 Å². The fourth-order valence-electron chi connectivity index (χ4n) is 0.699. The van der Waals surface area contributed by atoms with Crippen LogP contribution < -0.4 is 0 Å². The maximum Gasteiger partial charge on any atom is 0.244 e. The summed E-state index contributed by atoms with van der Waals surface area (Å²) in [4.78, 5) is 0. The summed E-state index contributed by atoms with van der Waals surface area (Å²) < 4.78 is 0. The van der Waals surface area contributed by atoms with E-state index in [9.17, 15) is 0 Å². The van der Waals surface area contributed by atoms with Gasteiger partial charge < -0.3 is 0 Å². The van der Waals surface area contributed by atoms with Crippen molar-refractivity contribution in [3.8, 4) is 0 Å². The first-order valence-corrected chi connectivity index (χ1v) is 5.95. The highest BCUT2D eigenvalue weighted by molar-refractivity contribution is 7.97. The number of hydrogen-bond donors (Lipinski definition) is 0. The molecule has 0 atom stereocenters. The predicted molar refractivity (Wildman–Crippen MR) is 60.0 cm³/mol. The second kappa shape index (κ2) is 8.80. The Morgan fingerprint density at radius 2 is 1.73 bits per heavy atom. The molecule has 0 amide bonds. The predicted octanol–water partition coefficient (Wildman–Crippen LogP) is 3.82. The summed E-state index contributed by atoms with van der Waals surface area (Å²) in [5.41, 5.74) is 0. The van der Waals surface area contributed by atoms with Crippen LogP contribution in [-0.2, 0) is 0 Å². The fourth-order valence-corrected chi connectivity index (χ4v) is 0.808. The third-order valence-electron chi connectivity index (χ3n) is 1.19. The first-order valence-electron chi connectivity index (χ1n) is 3.88. The summed E-state index contributed by atoms with van der Waals surface area (Å²) in [6.45, 7) is 8.20. The molecular weight excluding hydrogens is 174 g/mol. The minimum absolute atomic E-state index is 0.232. The summed E-state index contributed by atoms with van der Waals surface area (Å²) >= 11 is 7.30. The van der Waals surface area contributed by atoms with Crippen LogP contribution >= 0.6 is 23.2 Å². The van der Waals surface area contributed by atoms with Crippen LogP contribution in [0.25, 0.3) is 0 Å². The van der Waals surface area contributed by atoms with E-state index in [2.05, 4.69) is 20.8 Å². The first kappa shape index (κ1) is 14.2. The Balaban J connectivity index is 0. The third kappa shape index (κ3) is 13.7. The summed E-state index contributed by atoms with van der Waals surface area (Å²) in [5, 5.41) is 0.232. The van der Waals surface area contributed by atoms with Crippen LogP contribution in [0.1, 0.15) is 33.6 Å². The summed E-state index contributed by atoms with van der Waals surface area (Å²) in [7, 11) is 0. The van der Waals surface area contributed by atoms with Crippen molar-refractivity contribution in [3.05, 3.63) is 0 Å². The van der Waals surface area contributed by atoms with Crippen LogP contribution in [0.5, 0.6) is 0 Å². The summed E-state index contributed by atoms with van der Waals surface area (Å²) in [6.07, 6.45) is 6.46. The van der Waals surface area contributed by atoms with E-state index in [1.165, 1.54) is 12.8 Å². The van der Waals surface area contributed by atoms with Crippen molar-refractivity contribution < 1.29 is 0 Å². The van der Waals surface area contributed by atoms with Gasteiger partial charge in [-0.1, -0.05) is 33.6 Å². The lowest BCUT2D eigenvalue weighted by molar-refractivity contribution is 0.598. The largest absolute Gasteiger partial charge is 0.244 e. The molecule has 0 spiro atoms. The molecule has 0 rings (SSSR count). The first-order chi connectivity index (χ1) is 5.04. The standard InChI is InChI=1S/C6H13BCl.C2H6S/c1-4-5-6(2,3)7-8;1-3-2/h4-5H2,1-3H3;1-2H3. The zero-order valence-corrected chi connectivity index (χ0v) is 9.85. The second-order valence-corrected chi connectivity index (χ2v) is 4.29. The van der Waals surface area contributed by atoms with Crippen molar-refractivity contribution in [2.45, 2.75) is 38.9 Å². The minimum atomic E-state index is 0.232. The number of thioether (sulfide) groups is 1. The minimum Gasteiger partial charge on any atom is -0.203 e. The van der Waals surface area contributed by atoms with E-state index in [-0.39, 0.29) is 5.31 Å². The topological polar surface area (TPSA) is 0 Å². The smallest absolute Gasteiger partial charge is 0.203 e. The van der Waals surface area contributed by atoms with Crippen LogP contribution in [0.4, 0.5) is 0 Å². The molecule has 0 aromatic rings. The molecule has 0 saturated heterocycles. The average molecular weight is 194 g/mol. The van der Waals surface area contributed by atoms with Gasteiger partial charge in [-0.05, 0) is 17.8 Å². The van der Waals surface area contributed by atoms with Gasteiger partial charge in [0.05, 0.1) is 0 Å². The SMILES string of the molecule is CCCC(C)(C)[B]Cl.CSC. The molecule has 0 aliphatic carbocycles. The lowest BCUT2D eigenvalue weighted by atomic mass is 9.68. The van der Waals surface area contributed by atoms with Gasteiger partial charge in [0.15, 0.2) is 0 Å². The quantitative estimate of drug-likeness (QED) is 0.614. The Kier molecular flexibility index (Phi) is 11.4. The molecule has 0 N–H and O–H groups in total. The molecule has 0 bridgehead atoms. The maximum absolute atomic E-state index is 5.55. The van der Waals surface area contributed by atoms with Crippen LogP contribution in [0.3, 0.4) is 0 Å². The van der Waals surface area contributed by atoms with Crippen LogP contribution in [0.15, 0.2) is 0 Å². The van der Waals surface area contributed by atoms with Crippen molar-refractivity contribution in [2.75, 3.05) is 12.5 Å². The normalized spacial score (nSPS) is 10.0. The summed E-state index contributed by atoms with van der Waals surface area (Å²) in [6, 6.07) is 0. The van der Waals surface area contributed by atoms with E-state index in [1.54, 1.807) is 18.5 Å². The average Bonchev–Trinajstić information content (AvgIpc) is 1.90. The Bertz CT molecular complexity index is 76.5. The lowest BCUT2D eigenvalue weighted by Gasteiger charge is -2.17. The molecule has 0 aliphatic heterocycles. The molecule has 0 aliphatic rings. The second-order valence-electron chi connectivity index (χ2n) is 3.26. The Morgan fingerprint density at radius 1 is 1.36 bits per heavy atom. The fraction of sp³-hybridized carbons (Fsp3) is 1.00. The van der Waals surface area contributed by atoms with E-state index in [0.29, 0.717) is 0 Å². The van der Waals surface area contributed by atoms with Gasteiger partial charge in [-0.3, -0.25) is 0 Å². The Labute approximate surface area is 81.6 Å². The van der Waals surface area contributed by atoms with Gasteiger partial charge in [-0.25, -0.2) is 11.5 Å². The van der Waals surface area contributed by atoms with Crippen LogP contribution in [0, 0.1) is 0 Å². The van der Waals surface area contributed by atoms with Gasteiger partial charge >= 0.3 is 0 Å². The van der Waals surface area contributed by atoms with Gasteiger partial charge in [0.2, 0.25) is 6.69 Å².